The van der Waals surface area contributed by atoms with Gasteiger partial charge >= 0.3 is 6.18 Å². The maximum absolute atomic E-state index is 12.6. The maximum Gasteiger partial charge on any atom is 0.416 e. The van der Waals surface area contributed by atoms with Crippen LogP contribution in [0, 0.1) is 11.3 Å². The molecule has 0 atom stereocenters. The number of halogens is 3. The summed E-state index contributed by atoms with van der Waals surface area (Å²) in [6.07, 6.45) is -3.32. The number of benzene rings is 1. The van der Waals surface area contributed by atoms with Crippen molar-refractivity contribution < 1.29 is 22.8 Å². The molecule has 152 valence electrons. The second-order valence-corrected chi connectivity index (χ2v) is 8.26. The Morgan fingerprint density at radius 1 is 1.17 bits per heavy atom. The molecule has 0 aliphatic rings. The first-order valence-electron chi connectivity index (χ1n) is 8.37. The summed E-state index contributed by atoms with van der Waals surface area (Å²) < 4.78 is 37.9. The van der Waals surface area contributed by atoms with Crippen LogP contribution in [0.15, 0.2) is 35.9 Å². The highest BCUT2D eigenvalue weighted by Gasteiger charge is 2.30. The Morgan fingerprint density at radius 3 is 2.21 bits per heavy atom. The van der Waals surface area contributed by atoms with Gasteiger partial charge in [-0.25, -0.2) is 0 Å². The SMILES string of the molecule is CC(C)(C)c1cc(NC(=O)C(C#N)=Cc2ccc(C(F)(F)F)cc2)c(C(N)=O)s1. The third-order valence-electron chi connectivity index (χ3n) is 3.86. The Hall–Kier alpha value is -3.12. The number of amides is 2. The summed E-state index contributed by atoms with van der Waals surface area (Å²) in [6, 6.07) is 7.37. The predicted molar refractivity (Wildman–Crippen MR) is 105 cm³/mol. The number of thiophene rings is 1. The molecule has 0 radical (unpaired) electrons. The third-order valence-corrected chi connectivity index (χ3v) is 5.43. The largest absolute Gasteiger partial charge is 0.416 e. The van der Waals surface area contributed by atoms with Gasteiger partial charge in [0.1, 0.15) is 16.5 Å². The first-order chi connectivity index (χ1) is 13.3. The van der Waals surface area contributed by atoms with Crippen molar-refractivity contribution in [3.63, 3.8) is 0 Å². The van der Waals surface area contributed by atoms with Crippen LogP contribution in [0.25, 0.3) is 6.08 Å². The van der Waals surface area contributed by atoms with Crippen LogP contribution in [0.1, 0.15) is 46.4 Å². The fourth-order valence-electron chi connectivity index (χ4n) is 2.31. The highest BCUT2D eigenvalue weighted by molar-refractivity contribution is 7.14. The van der Waals surface area contributed by atoms with Gasteiger partial charge in [0.05, 0.1) is 11.3 Å². The molecule has 3 N–H and O–H groups in total. The Kier molecular flexibility index (Phi) is 6.18. The van der Waals surface area contributed by atoms with E-state index in [2.05, 4.69) is 5.32 Å². The number of nitrogens with zero attached hydrogens (tertiary/aromatic N) is 1. The summed E-state index contributed by atoms with van der Waals surface area (Å²) in [5, 5.41) is 11.8. The Balaban J connectivity index is 2.31. The highest BCUT2D eigenvalue weighted by atomic mass is 32.1. The molecule has 0 saturated heterocycles. The molecule has 2 amide bonds. The van der Waals surface area contributed by atoms with E-state index < -0.39 is 23.6 Å². The number of hydrogen-bond donors (Lipinski definition) is 2. The van der Waals surface area contributed by atoms with Crippen LogP contribution < -0.4 is 11.1 Å². The van der Waals surface area contributed by atoms with E-state index in [1.807, 2.05) is 20.8 Å². The first kappa shape index (κ1) is 22.2. The summed E-state index contributed by atoms with van der Waals surface area (Å²) in [6.45, 7) is 5.79. The van der Waals surface area contributed by atoms with E-state index in [1.165, 1.54) is 0 Å². The van der Waals surface area contributed by atoms with E-state index in [-0.39, 0.29) is 27.1 Å². The predicted octanol–water partition coefficient (Wildman–Crippen LogP) is 4.71. The zero-order valence-corrected chi connectivity index (χ0v) is 16.7. The number of nitriles is 1. The van der Waals surface area contributed by atoms with Crippen LogP contribution in [0.2, 0.25) is 0 Å². The lowest BCUT2D eigenvalue weighted by atomic mass is 9.94. The molecule has 0 spiro atoms. The van der Waals surface area contributed by atoms with E-state index in [1.54, 1.807) is 12.1 Å². The molecule has 2 rings (SSSR count). The molecule has 1 heterocycles. The van der Waals surface area contributed by atoms with Crippen molar-refractivity contribution in [3.8, 4) is 6.07 Å². The Labute approximate surface area is 169 Å². The molecule has 0 fully saturated rings. The third kappa shape index (κ3) is 5.45. The van der Waals surface area contributed by atoms with Gasteiger partial charge in [-0.05, 0) is 35.3 Å². The van der Waals surface area contributed by atoms with Gasteiger partial charge in [0, 0.05) is 4.88 Å². The Bertz CT molecular complexity index is 1010. The van der Waals surface area contributed by atoms with Crippen LogP contribution in [-0.4, -0.2) is 11.8 Å². The van der Waals surface area contributed by atoms with Crippen molar-refractivity contribution >= 4 is 34.9 Å². The summed E-state index contributed by atoms with van der Waals surface area (Å²) in [5.41, 5.74) is 4.36. The number of nitrogens with one attached hydrogen (secondary N) is 1. The maximum atomic E-state index is 12.6. The van der Waals surface area contributed by atoms with Crippen LogP contribution in [0.3, 0.4) is 0 Å². The van der Waals surface area contributed by atoms with E-state index in [0.29, 0.717) is 0 Å². The molecular weight excluding hydrogens is 403 g/mol. The molecule has 5 nitrogen and oxygen atoms in total. The van der Waals surface area contributed by atoms with Crippen molar-refractivity contribution in [1.82, 2.24) is 0 Å². The normalized spacial score (nSPS) is 12.4. The van der Waals surface area contributed by atoms with Gasteiger partial charge in [-0.3, -0.25) is 9.59 Å². The lowest BCUT2D eigenvalue weighted by Gasteiger charge is -2.15. The molecule has 0 bridgehead atoms. The quantitative estimate of drug-likeness (QED) is 0.553. The van der Waals surface area contributed by atoms with E-state index in [0.717, 1.165) is 46.6 Å². The minimum atomic E-state index is -4.48. The molecule has 29 heavy (non-hydrogen) atoms. The van der Waals surface area contributed by atoms with Gasteiger partial charge in [-0.15, -0.1) is 11.3 Å². The summed E-state index contributed by atoms with van der Waals surface area (Å²) in [4.78, 5) is 25.1. The van der Waals surface area contributed by atoms with Gasteiger partial charge in [-0.1, -0.05) is 32.9 Å². The average molecular weight is 421 g/mol. The van der Waals surface area contributed by atoms with Crippen molar-refractivity contribution in [2.24, 2.45) is 5.73 Å². The van der Waals surface area contributed by atoms with Crippen molar-refractivity contribution in [3.05, 3.63) is 56.8 Å². The lowest BCUT2D eigenvalue weighted by molar-refractivity contribution is -0.137. The van der Waals surface area contributed by atoms with Crippen LogP contribution in [0.5, 0.6) is 0 Å². The summed E-state index contributed by atoms with van der Waals surface area (Å²) in [7, 11) is 0. The standard InChI is InChI=1S/C20H18F3N3O2S/c1-19(2,3)15-9-14(16(29-15)17(25)27)26-18(28)12(10-24)8-11-4-6-13(7-5-11)20(21,22)23/h4-9H,1-3H3,(H2,25,27)(H,26,28). The number of hydrogen-bond acceptors (Lipinski definition) is 4. The van der Waals surface area contributed by atoms with E-state index >= 15 is 0 Å². The molecule has 0 saturated carbocycles. The van der Waals surface area contributed by atoms with Gasteiger partial charge in [0.2, 0.25) is 0 Å². The molecule has 1 aromatic carbocycles. The molecule has 0 unspecified atom stereocenters. The van der Waals surface area contributed by atoms with Crippen molar-refractivity contribution in [2.75, 3.05) is 5.32 Å². The second-order valence-electron chi connectivity index (χ2n) is 7.21. The van der Waals surface area contributed by atoms with Gasteiger partial charge in [0.15, 0.2) is 0 Å². The van der Waals surface area contributed by atoms with E-state index in [9.17, 15) is 28.0 Å². The number of nitrogens with two attached hydrogens (primary N) is 1. The fraction of sp³-hybridized carbons (Fsp3) is 0.250. The minimum absolute atomic E-state index is 0.148. The number of carbonyl (C=O) groups is 2. The van der Waals surface area contributed by atoms with Gasteiger partial charge in [0.25, 0.3) is 11.8 Å². The zero-order chi connectivity index (χ0) is 22.0. The summed E-state index contributed by atoms with van der Waals surface area (Å²) >= 11 is 1.15. The molecule has 0 aliphatic carbocycles. The summed E-state index contributed by atoms with van der Waals surface area (Å²) in [5.74, 6) is -1.51. The Morgan fingerprint density at radius 2 is 1.76 bits per heavy atom. The first-order valence-corrected chi connectivity index (χ1v) is 9.19. The monoisotopic (exact) mass is 421 g/mol. The minimum Gasteiger partial charge on any atom is -0.365 e. The van der Waals surface area contributed by atoms with Crippen molar-refractivity contribution in [1.29, 1.82) is 5.26 Å². The number of carbonyl (C=O) groups excluding carboxylic acids is 2. The molecule has 0 aliphatic heterocycles. The van der Waals surface area contributed by atoms with Crippen LogP contribution in [-0.2, 0) is 16.4 Å². The smallest absolute Gasteiger partial charge is 0.365 e. The lowest BCUT2D eigenvalue weighted by Crippen LogP contribution is -2.17. The zero-order valence-electron chi connectivity index (χ0n) is 15.8. The number of rotatable bonds is 4. The van der Waals surface area contributed by atoms with Crippen LogP contribution in [0.4, 0.5) is 18.9 Å². The van der Waals surface area contributed by atoms with Gasteiger partial charge in [-0.2, -0.15) is 18.4 Å². The van der Waals surface area contributed by atoms with Gasteiger partial charge < -0.3 is 11.1 Å². The van der Waals surface area contributed by atoms with Crippen LogP contribution >= 0.6 is 11.3 Å². The molecule has 9 heteroatoms. The van der Waals surface area contributed by atoms with E-state index in [4.69, 9.17) is 5.73 Å². The number of anilines is 1. The number of alkyl halides is 3. The second kappa shape index (κ2) is 8.09. The fourth-order valence-corrected chi connectivity index (χ4v) is 3.33. The molecule has 2 aromatic rings. The number of primary amides is 1. The molecule has 1 aromatic heterocycles. The average Bonchev–Trinajstić information content (AvgIpc) is 3.03. The highest BCUT2D eigenvalue weighted by Crippen LogP contribution is 2.35. The van der Waals surface area contributed by atoms with Crippen molar-refractivity contribution in [2.45, 2.75) is 32.4 Å². The molecular formula is C20H18F3N3O2S. The topological polar surface area (TPSA) is 96.0 Å².